The number of nitrogens with zero attached hydrogens (tertiary/aromatic N) is 1. The van der Waals surface area contributed by atoms with Gasteiger partial charge in [-0.15, -0.1) is 11.8 Å². The molecule has 0 spiro atoms. The summed E-state index contributed by atoms with van der Waals surface area (Å²) in [6.07, 6.45) is 1.12. The van der Waals surface area contributed by atoms with Gasteiger partial charge in [-0.25, -0.2) is 8.42 Å². The molecule has 122 valence electrons. The number of sulfone groups is 1. The van der Waals surface area contributed by atoms with Crippen LogP contribution in [-0.2, 0) is 14.6 Å². The highest BCUT2D eigenvalue weighted by Crippen LogP contribution is 2.25. The van der Waals surface area contributed by atoms with Gasteiger partial charge in [-0.2, -0.15) is 0 Å². The predicted molar refractivity (Wildman–Crippen MR) is 85.7 cm³/mol. The summed E-state index contributed by atoms with van der Waals surface area (Å²) in [6, 6.07) is 5.43. The number of hydrogen-bond donors (Lipinski definition) is 1. The van der Waals surface area contributed by atoms with Crippen LogP contribution in [0.3, 0.4) is 0 Å². The Labute approximate surface area is 133 Å². The number of benzene rings is 1. The maximum atomic E-state index is 12.0. The van der Waals surface area contributed by atoms with Crippen molar-refractivity contribution < 1.29 is 18.1 Å². The van der Waals surface area contributed by atoms with Gasteiger partial charge in [0, 0.05) is 29.3 Å². The van der Waals surface area contributed by atoms with Gasteiger partial charge < -0.3 is 5.32 Å². The van der Waals surface area contributed by atoms with Gasteiger partial charge in [-0.05, 0) is 26.0 Å². The first-order chi connectivity index (χ1) is 10.1. The average Bonchev–Trinajstić information content (AvgIpc) is 2.36. The standard InChI is InChI=1S/C13H18N2O5S2/c1-9(8-22(3,19)20)14-13(16)10(2)21-12-6-4-11(5-7-12)15(17)18/h4-7,9-10H,8H2,1-3H3,(H,14,16)/t9-,10+/m0/s1. The van der Waals surface area contributed by atoms with Gasteiger partial charge in [0.15, 0.2) is 0 Å². The van der Waals surface area contributed by atoms with Crippen molar-refractivity contribution in [1.82, 2.24) is 5.32 Å². The average molecular weight is 346 g/mol. The Bertz CT molecular complexity index is 643. The maximum absolute atomic E-state index is 12.0. The minimum absolute atomic E-state index is 0.0109. The summed E-state index contributed by atoms with van der Waals surface area (Å²) in [5.74, 6) is -0.396. The minimum Gasteiger partial charge on any atom is -0.352 e. The number of nitrogens with one attached hydrogen (secondary N) is 1. The molecule has 1 amide bonds. The van der Waals surface area contributed by atoms with Crippen molar-refractivity contribution in [2.75, 3.05) is 12.0 Å². The second kappa shape index (κ2) is 7.59. The van der Waals surface area contributed by atoms with Gasteiger partial charge in [0.05, 0.1) is 15.9 Å². The van der Waals surface area contributed by atoms with Crippen molar-refractivity contribution >= 4 is 33.2 Å². The smallest absolute Gasteiger partial charge is 0.269 e. The molecule has 1 rings (SSSR count). The van der Waals surface area contributed by atoms with Crippen LogP contribution in [0.4, 0.5) is 5.69 Å². The Morgan fingerprint density at radius 3 is 2.32 bits per heavy atom. The normalized spacial score (nSPS) is 14.1. The first-order valence-electron chi connectivity index (χ1n) is 6.47. The lowest BCUT2D eigenvalue weighted by Crippen LogP contribution is -2.41. The number of non-ortho nitro benzene ring substituents is 1. The molecule has 1 aromatic rings. The molecular weight excluding hydrogens is 328 g/mol. The molecule has 9 heteroatoms. The highest BCUT2D eigenvalue weighted by Gasteiger charge is 2.19. The number of amides is 1. The zero-order valence-corrected chi connectivity index (χ0v) is 14.1. The zero-order chi connectivity index (χ0) is 16.9. The molecule has 0 saturated heterocycles. The fourth-order valence-corrected chi connectivity index (χ4v) is 3.63. The largest absolute Gasteiger partial charge is 0.352 e. The van der Waals surface area contributed by atoms with Crippen LogP contribution in [0.25, 0.3) is 0 Å². The van der Waals surface area contributed by atoms with Crippen LogP contribution in [0.2, 0.25) is 0 Å². The summed E-state index contributed by atoms with van der Waals surface area (Å²) in [5.41, 5.74) is -0.0109. The van der Waals surface area contributed by atoms with Crippen LogP contribution < -0.4 is 5.32 Å². The molecule has 0 aliphatic carbocycles. The van der Waals surface area contributed by atoms with Crippen LogP contribution >= 0.6 is 11.8 Å². The van der Waals surface area contributed by atoms with Crippen molar-refractivity contribution in [3.8, 4) is 0 Å². The van der Waals surface area contributed by atoms with Gasteiger partial charge in [0.1, 0.15) is 9.84 Å². The van der Waals surface area contributed by atoms with Crippen molar-refractivity contribution in [2.24, 2.45) is 0 Å². The third-order valence-electron chi connectivity index (χ3n) is 2.67. The van der Waals surface area contributed by atoms with E-state index in [9.17, 15) is 23.3 Å². The van der Waals surface area contributed by atoms with E-state index in [1.165, 1.54) is 23.9 Å². The first kappa shape index (κ1) is 18.4. The van der Waals surface area contributed by atoms with E-state index in [1.54, 1.807) is 26.0 Å². The molecule has 1 aromatic carbocycles. The number of nitro benzene ring substituents is 1. The Morgan fingerprint density at radius 2 is 1.86 bits per heavy atom. The van der Waals surface area contributed by atoms with Crippen LogP contribution in [0.15, 0.2) is 29.2 Å². The molecule has 1 N–H and O–H groups in total. The summed E-state index contributed by atoms with van der Waals surface area (Å²) >= 11 is 1.25. The lowest BCUT2D eigenvalue weighted by molar-refractivity contribution is -0.384. The zero-order valence-electron chi connectivity index (χ0n) is 12.5. The molecule has 0 aliphatic rings. The summed E-state index contributed by atoms with van der Waals surface area (Å²) in [5, 5.41) is 12.8. The maximum Gasteiger partial charge on any atom is 0.269 e. The topological polar surface area (TPSA) is 106 Å². The quantitative estimate of drug-likeness (QED) is 0.457. The molecule has 0 saturated carbocycles. The molecule has 0 bridgehead atoms. The van der Waals surface area contributed by atoms with E-state index >= 15 is 0 Å². The Hall–Kier alpha value is -1.61. The molecule has 0 fully saturated rings. The molecule has 22 heavy (non-hydrogen) atoms. The second-order valence-electron chi connectivity index (χ2n) is 5.01. The van der Waals surface area contributed by atoms with E-state index in [1.807, 2.05) is 0 Å². The SMILES string of the molecule is C[C@@H](CS(C)(=O)=O)NC(=O)[C@@H](C)Sc1ccc([N+](=O)[O-])cc1. The molecule has 0 aromatic heterocycles. The number of rotatable bonds is 7. The van der Waals surface area contributed by atoms with Crippen LogP contribution in [0.1, 0.15) is 13.8 Å². The minimum atomic E-state index is -3.15. The summed E-state index contributed by atoms with van der Waals surface area (Å²) in [7, 11) is -3.15. The van der Waals surface area contributed by atoms with E-state index in [-0.39, 0.29) is 17.3 Å². The first-order valence-corrected chi connectivity index (χ1v) is 9.41. The van der Waals surface area contributed by atoms with E-state index in [4.69, 9.17) is 0 Å². The molecule has 0 heterocycles. The van der Waals surface area contributed by atoms with Crippen molar-refractivity contribution in [3.05, 3.63) is 34.4 Å². The number of thioether (sulfide) groups is 1. The predicted octanol–water partition coefficient (Wildman–Crippen LogP) is 1.62. The van der Waals surface area contributed by atoms with E-state index < -0.39 is 26.1 Å². The van der Waals surface area contributed by atoms with Crippen molar-refractivity contribution in [2.45, 2.75) is 30.0 Å². The highest BCUT2D eigenvalue weighted by atomic mass is 32.2. The number of carbonyl (C=O) groups is 1. The van der Waals surface area contributed by atoms with Crippen LogP contribution in [-0.4, -0.2) is 42.5 Å². The highest BCUT2D eigenvalue weighted by molar-refractivity contribution is 8.00. The molecule has 2 atom stereocenters. The number of carbonyl (C=O) groups excluding carboxylic acids is 1. The summed E-state index contributed by atoms with van der Waals surface area (Å²) in [4.78, 5) is 22.8. The summed E-state index contributed by atoms with van der Waals surface area (Å²) < 4.78 is 22.3. The lowest BCUT2D eigenvalue weighted by Gasteiger charge is -2.16. The van der Waals surface area contributed by atoms with Gasteiger partial charge in [0.25, 0.3) is 5.69 Å². The van der Waals surface area contributed by atoms with Gasteiger partial charge in [0.2, 0.25) is 5.91 Å². The fraction of sp³-hybridized carbons (Fsp3) is 0.462. The molecule has 7 nitrogen and oxygen atoms in total. The number of hydrogen-bond acceptors (Lipinski definition) is 6. The third-order valence-corrected chi connectivity index (χ3v) is 4.89. The van der Waals surface area contributed by atoms with E-state index in [0.29, 0.717) is 0 Å². The van der Waals surface area contributed by atoms with Gasteiger partial charge in [-0.3, -0.25) is 14.9 Å². The van der Waals surface area contributed by atoms with E-state index in [2.05, 4.69) is 5.32 Å². The Kier molecular flexibility index (Phi) is 6.36. The van der Waals surface area contributed by atoms with Gasteiger partial charge in [-0.1, -0.05) is 0 Å². The molecule has 0 radical (unpaired) electrons. The van der Waals surface area contributed by atoms with Crippen LogP contribution in [0.5, 0.6) is 0 Å². The molecule has 0 unspecified atom stereocenters. The van der Waals surface area contributed by atoms with Crippen LogP contribution in [0, 0.1) is 10.1 Å². The molecular formula is C13H18N2O5S2. The number of nitro groups is 1. The van der Waals surface area contributed by atoms with Crippen molar-refractivity contribution in [1.29, 1.82) is 0 Å². The summed E-state index contributed by atoms with van der Waals surface area (Å²) in [6.45, 7) is 3.32. The molecule has 0 aliphatic heterocycles. The van der Waals surface area contributed by atoms with Gasteiger partial charge >= 0.3 is 0 Å². The fourth-order valence-electron chi connectivity index (χ4n) is 1.76. The monoisotopic (exact) mass is 346 g/mol. The van der Waals surface area contributed by atoms with Crippen molar-refractivity contribution in [3.63, 3.8) is 0 Å². The third kappa shape index (κ3) is 6.44. The van der Waals surface area contributed by atoms with E-state index in [0.717, 1.165) is 11.2 Å². The lowest BCUT2D eigenvalue weighted by atomic mass is 10.3. The Morgan fingerprint density at radius 1 is 1.32 bits per heavy atom. The second-order valence-corrected chi connectivity index (χ2v) is 8.61. The Balaban J connectivity index is 2.58.